The molecule has 0 aromatic carbocycles. The number of sulfone groups is 1. The normalized spacial score (nSPS) is 21.4. The van der Waals surface area contributed by atoms with Crippen molar-refractivity contribution in [3.05, 3.63) is 16.1 Å². The first-order valence-electron chi connectivity index (χ1n) is 6.35. The van der Waals surface area contributed by atoms with Crippen molar-refractivity contribution in [3.63, 3.8) is 0 Å². The fourth-order valence-electron chi connectivity index (χ4n) is 2.17. The Hall–Kier alpha value is -0.950. The first-order chi connectivity index (χ1) is 8.98. The fourth-order valence-corrected chi connectivity index (χ4v) is 4.74. The van der Waals surface area contributed by atoms with Gasteiger partial charge in [0.1, 0.15) is 0 Å². The van der Waals surface area contributed by atoms with E-state index in [1.165, 1.54) is 4.88 Å². The van der Waals surface area contributed by atoms with E-state index in [0.717, 1.165) is 18.5 Å². The molecule has 1 atom stereocenters. The number of thiazole rings is 1. The van der Waals surface area contributed by atoms with Crippen LogP contribution in [0.2, 0.25) is 0 Å². The number of hydrogen-bond acceptors (Lipinski definition) is 5. The molecule has 0 saturated carbocycles. The van der Waals surface area contributed by atoms with Gasteiger partial charge in [0.15, 0.2) is 9.84 Å². The van der Waals surface area contributed by atoms with Crippen molar-refractivity contribution in [1.82, 2.24) is 10.3 Å². The molecule has 1 fully saturated rings. The smallest absolute Gasteiger partial charge is 0.224 e. The van der Waals surface area contributed by atoms with Gasteiger partial charge in [0.25, 0.3) is 0 Å². The second kappa shape index (κ2) is 6.00. The third-order valence-corrected chi connectivity index (χ3v) is 6.09. The van der Waals surface area contributed by atoms with Crippen LogP contribution in [0.25, 0.3) is 0 Å². The summed E-state index contributed by atoms with van der Waals surface area (Å²) in [7, 11) is -2.98. The zero-order valence-corrected chi connectivity index (χ0v) is 12.5. The van der Waals surface area contributed by atoms with Crippen LogP contribution in [0.5, 0.6) is 0 Å². The minimum absolute atomic E-state index is 0.00673. The minimum atomic E-state index is -2.98. The van der Waals surface area contributed by atoms with Gasteiger partial charge in [-0.05, 0) is 26.2 Å². The number of hydrogen-bond donors (Lipinski definition) is 1. The molecule has 1 amide bonds. The Morgan fingerprint density at radius 1 is 1.58 bits per heavy atom. The highest BCUT2D eigenvalue weighted by atomic mass is 32.2. The van der Waals surface area contributed by atoms with E-state index in [2.05, 4.69) is 10.3 Å². The van der Waals surface area contributed by atoms with E-state index in [4.69, 9.17) is 0 Å². The maximum Gasteiger partial charge on any atom is 0.224 e. The second-order valence-corrected chi connectivity index (χ2v) is 8.02. The molecule has 1 aliphatic rings. The Morgan fingerprint density at radius 2 is 2.37 bits per heavy atom. The molecule has 19 heavy (non-hydrogen) atoms. The molecule has 5 nitrogen and oxygen atoms in total. The molecular weight excluding hydrogens is 284 g/mol. The van der Waals surface area contributed by atoms with Gasteiger partial charge in [-0.1, -0.05) is 0 Å². The summed E-state index contributed by atoms with van der Waals surface area (Å²) in [5, 5.41) is 2.83. The van der Waals surface area contributed by atoms with Crippen LogP contribution in [-0.2, 0) is 21.1 Å². The Morgan fingerprint density at radius 3 is 2.95 bits per heavy atom. The zero-order valence-electron chi connectivity index (χ0n) is 10.9. The lowest BCUT2D eigenvalue weighted by atomic mass is 10.1. The summed E-state index contributed by atoms with van der Waals surface area (Å²) in [4.78, 5) is 17.2. The second-order valence-electron chi connectivity index (χ2n) is 4.86. The summed E-state index contributed by atoms with van der Waals surface area (Å²) in [6.07, 6.45) is 2.22. The molecule has 0 unspecified atom stereocenters. The van der Waals surface area contributed by atoms with Gasteiger partial charge in [-0.3, -0.25) is 4.79 Å². The van der Waals surface area contributed by atoms with Gasteiger partial charge >= 0.3 is 0 Å². The number of carbonyl (C=O) groups excluding carboxylic acids is 1. The molecule has 0 bridgehead atoms. The average Bonchev–Trinajstić information content (AvgIpc) is 2.91. The fraction of sp³-hybridized carbons (Fsp3) is 0.667. The predicted octanol–water partition coefficient (Wildman–Crippen LogP) is 0.935. The monoisotopic (exact) mass is 302 g/mol. The summed E-state index contributed by atoms with van der Waals surface area (Å²) >= 11 is 1.63. The van der Waals surface area contributed by atoms with E-state index in [1.807, 2.05) is 12.4 Å². The van der Waals surface area contributed by atoms with Crippen LogP contribution in [0, 0.1) is 12.8 Å². The standard InChI is InChI=1S/C12H18N2O3S2/c1-9-11(18-8-14-9)3-2-5-13-12(15)10-4-6-19(16,17)7-10/h8,10H,2-7H2,1H3,(H,13,15)/t10-/m1/s1. The van der Waals surface area contributed by atoms with Gasteiger partial charge in [-0.15, -0.1) is 11.3 Å². The number of carbonyl (C=O) groups is 1. The van der Waals surface area contributed by atoms with E-state index >= 15 is 0 Å². The van der Waals surface area contributed by atoms with Crippen LogP contribution < -0.4 is 5.32 Å². The van der Waals surface area contributed by atoms with Crippen LogP contribution in [0.15, 0.2) is 5.51 Å². The first-order valence-corrected chi connectivity index (χ1v) is 9.05. The molecule has 2 rings (SSSR count). The highest BCUT2D eigenvalue weighted by molar-refractivity contribution is 7.91. The first kappa shape index (κ1) is 14.5. The van der Waals surface area contributed by atoms with Gasteiger partial charge in [-0.2, -0.15) is 0 Å². The molecule has 1 N–H and O–H groups in total. The SMILES string of the molecule is Cc1ncsc1CCCNC(=O)[C@@H]1CCS(=O)(=O)C1. The maximum absolute atomic E-state index is 11.8. The molecule has 1 aliphatic heterocycles. The van der Waals surface area contributed by atoms with Crippen molar-refractivity contribution < 1.29 is 13.2 Å². The van der Waals surface area contributed by atoms with Gasteiger partial charge in [0.05, 0.1) is 28.6 Å². The van der Waals surface area contributed by atoms with E-state index in [-0.39, 0.29) is 23.3 Å². The zero-order chi connectivity index (χ0) is 13.9. The van der Waals surface area contributed by atoms with Gasteiger partial charge in [-0.25, -0.2) is 13.4 Å². The van der Waals surface area contributed by atoms with E-state index in [9.17, 15) is 13.2 Å². The Labute approximate surface area is 117 Å². The van der Waals surface area contributed by atoms with Crippen LogP contribution in [0.3, 0.4) is 0 Å². The lowest BCUT2D eigenvalue weighted by Gasteiger charge is -2.08. The van der Waals surface area contributed by atoms with Crippen molar-refractivity contribution in [3.8, 4) is 0 Å². The Bertz CT molecular complexity index is 551. The minimum Gasteiger partial charge on any atom is -0.356 e. The molecule has 1 saturated heterocycles. The third-order valence-electron chi connectivity index (χ3n) is 3.33. The molecule has 1 aromatic rings. The lowest BCUT2D eigenvalue weighted by Crippen LogP contribution is -2.32. The van der Waals surface area contributed by atoms with E-state index < -0.39 is 9.84 Å². The molecule has 0 aliphatic carbocycles. The van der Waals surface area contributed by atoms with Gasteiger partial charge < -0.3 is 5.32 Å². The Balaban J connectivity index is 1.69. The summed E-state index contributed by atoms with van der Waals surface area (Å²) in [6, 6.07) is 0. The Kier molecular flexibility index (Phi) is 4.57. The third kappa shape index (κ3) is 4.01. The van der Waals surface area contributed by atoms with Gasteiger partial charge in [0.2, 0.25) is 5.91 Å². The van der Waals surface area contributed by atoms with Crippen LogP contribution in [0.1, 0.15) is 23.4 Å². The molecule has 106 valence electrons. The largest absolute Gasteiger partial charge is 0.356 e. The van der Waals surface area contributed by atoms with E-state index in [0.29, 0.717) is 13.0 Å². The number of nitrogens with zero attached hydrogens (tertiary/aromatic N) is 1. The number of rotatable bonds is 5. The van der Waals surface area contributed by atoms with Crippen LogP contribution >= 0.6 is 11.3 Å². The predicted molar refractivity (Wildman–Crippen MR) is 74.9 cm³/mol. The molecule has 1 aromatic heterocycles. The number of aryl methyl sites for hydroxylation is 2. The van der Waals surface area contributed by atoms with E-state index in [1.54, 1.807) is 11.3 Å². The summed E-state index contributed by atoms with van der Waals surface area (Å²) < 4.78 is 22.6. The highest BCUT2D eigenvalue weighted by Crippen LogP contribution is 2.18. The lowest BCUT2D eigenvalue weighted by molar-refractivity contribution is -0.124. The summed E-state index contributed by atoms with van der Waals surface area (Å²) in [5.74, 6) is -0.324. The van der Waals surface area contributed by atoms with Crippen molar-refractivity contribution >= 4 is 27.1 Å². The summed E-state index contributed by atoms with van der Waals surface area (Å²) in [5.41, 5.74) is 2.88. The quantitative estimate of drug-likeness (QED) is 0.821. The number of amides is 1. The molecule has 7 heteroatoms. The van der Waals surface area contributed by atoms with Gasteiger partial charge in [0, 0.05) is 11.4 Å². The average molecular weight is 302 g/mol. The molecular formula is C12H18N2O3S2. The van der Waals surface area contributed by atoms with Crippen molar-refractivity contribution in [2.24, 2.45) is 5.92 Å². The summed E-state index contributed by atoms with van der Waals surface area (Å²) in [6.45, 7) is 2.57. The number of aromatic nitrogens is 1. The number of nitrogens with one attached hydrogen (secondary N) is 1. The van der Waals surface area contributed by atoms with Crippen molar-refractivity contribution in [1.29, 1.82) is 0 Å². The molecule has 2 heterocycles. The van der Waals surface area contributed by atoms with Crippen molar-refractivity contribution in [2.75, 3.05) is 18.1 Å². The van der Waals surface area contributed by atoms with Crippen LogP contribution in [-0.4, -0.2) is 37.4 Å². The van der Waals surface area contributed by atoms with Crippen molar-refractivity contribution in [2.45, 2.75) is 26.2 Å². The highest BCUT2D eigenvalue weighted by Gasteiger charge is 2.32. The molecule has 0 radical (unpaired) electrons. The maximum atomic E-state index is 11.8. The molecule has 0 spiro atoms. The topological polar surface area (TPSA) is 76.1 Å². The van der Waals surface area contributed by atoms with Crippen LogP contribution in [0.4, 0.5) is 0 Å².